The van der Waals surface area contributed by atoms with E-state index in [1.165, 1.54) is 19.3 Å². The van der Waals surface area contributed by atoms with E-state index in [-0.39, 0.29) is 5.75 Å². The van der Waals surface area contributed by atoms with Gasteiger partial charge in [-0.3, -0.25) is 40.5 Å². The molecule has 0 atom stereocenters. The van der Waals surface area contributed by atoms with Crippen LogP contribution in [0.15, 0.2) is 60.7 Å². The van der Waals surface area contributed by atoms with E-state index in [4.69, 9.17) is 13.6 Å². The van der Waals surface area contributed by atoms with E-state index in [9.17, 15) is 40.5 Å². The first-order valence-corrected chi connectivity index (χ1v) is 14.0. The van der Waals surface area contributed by atoms with Crippen molar-refractivity contribution in [1.29, 1.82) is 0 Å². The highest BCUT2D eigenvalue weighted by atomic mass is 31.2. The van der Waals surface area contributed by atoms with E-state index in [0.29, 0.717) is 0 Å². The maximum absolute atomic E-state index is 11.7. The first-order chi connectivity index (χ1) is 20.1. The molecule has 42 heavy (non-hydrogen) atoms. The summed E-state index contributed by atoms with van der Waals surface area (Å²) in [6.07, 6.45) is 7.64. The van der Waals surface area contributed by atoms with Gasteiger partial charge in [0.05, 0.1) is 19.7 Å². The molecule has 0 amide bonds. The Hall–Kier alpha value is -4.91. The molecule has 0 bridgehead atoms. The molecule has 0 N–H and O–H groups in total. The number of aryl methyl sites for hydroxylation is 1. The lowest BCUT2D eigenvalue weighted by molar-refractivity contribution is -0.423. The molecule has 3 rings (SSSR count). The van der Waals surface area contributed by atoms with E-state index in [1.54, 1.807) is 24.3 Å². The standard InChI is InChI=1S/C26H27N4O11P/c1-2-3-4-5-6-7-10-19-15-17-20(18-16-19)39-42(40-23-13-8-11-21(27(31)32)25(23)29(35)36)41-24-14-9-12-22(28(33)34)26(24)30(37)38/h8-9,11-18H,2-7,10H2,1H3. The summed E-state index contributed by atoms with van der Waals surface area (Å²) in [4.78, 5) is 42.2. The summed E-state index contributed by atoms with van der Waals surface area (Å²) >= 11 is 0. The summed E-state index contributed by atoms with van der Waals surface area (Å²) in [6, 6.07) is 13.0. The molecule has 16 heteroatoms. The van der Waals surface area contributed by atoms with Crippen LogP contribution in [0.2, 0.25) is 0 Å². The minimum absolute atomic E-state index is 0.161. The molecule has 0 saturated carbocycles. The van der Waals surface area contributed by atoms with Crippen molar-refractivity contribution in [1.82, 2.24) is 0 Å². The monoisotopic (exact) mass is 602 g/mol. The lowest BCUT2D eigenvalue weighted by Crippen LogP contribution is -2.07. The number of unbranched alkanes of at least 4 members (excludes halogenated alkanes) is 5. The van der Waals surface area contributed by atoms with Crippen LogP contribution in [0.3, 0.4) is 0 Å². The van der Waals surface area contributed by atoms with Gasteiger partial charge in [0.15, 0.2) is 0 Å². The van der Waals surface area contributed by atoms with Crippen LogP contribution in [0.1, 0.15) is 51.0 Å². The SMILES string of the molecule is CCCCCCCCc1ccc(OP(Oc2cccc([N+](=O)[O-])c2[N+](=O)[O-])Oc2cccc([N+](=O)[O-])c2[N+](=O)[O-])cc1. The quantitative estimate of drug-likeness (QED) is 0.0627. The molecule has 222 valence electrons. The zero-order valence-corrected chi connectivity index (χ0v) is 23.3. The molecule has 0 heterocycles. The molecule has 0 aliphatic heterocycles. The Morgan fingerprint density at radius 2 is 1.07 bits per heavy atom. The van der Waals surface area contributed by atoms with Gasteiger partial charge in [0.25, 0.3) is 0 Å². The summed E-state index contributed by atoms with van der Waals surface area (Å²) in [5.41, 5.74) is -2.71. The van der Waals surface area contributed by atoms with Gasteiger partial charge in [-0.25, -0.2) is 0 Å². The molecule has 15 nitrogen and oxygen atoms in total. The molecule has 0 aliphatic rings. The molecular weight excluding hydrogens is 575 g/mol. The third-order valence-corrected chi connectivity index (χ3v) is 7.03. The van der Waals surface area contributed by atoms with Gasteiger partial charge in [-0.2, -0.15) is 0 Å². The van der Waals surface area contributed by atoms with Crippen molar-refractivity contribution in [2.45, 2.75) is 51.9 Å². The van der Waals surface area contributed by atoms with Crippen LogP contribution < -0.4 is 13.6 Å². The lowest BCUT2D eigenvalue weighted by atomic mass is 10.1. The Morgan fingerprint density at radius 1 is 0.595 bits per heavy atom. The Kier molecular flexibility index (Phi) is 11.4. The number of rotatable bonds is 17. The molecule has 3 aromatic rings. The second kappa shape index (κ2) is 15.2. The maximum Gasteiger partial charge on any atom is 0.530 e. The Labute approximate surface area is 240 Å². The highest BCUT2D eigenvalue weighted by molar-refractivity contribution is 7.43. The Morgan fingerprint density at radius 3 is 1.52 bits per heavy atom. The van der Waals surface area contributed by atoms with Gasteiger partial charge in [0, 0.05) is 12.1 Å². The zero-order chi connectivity index (χ0) is 30.6. The summed E-state index contributed by atoms with van der Waals surface area (Å²) < 4.78 is 16.9. The van der Waals surface area contributed by atoms with Crippen molar-refractivity contribution in [3.63, 3.8) is 0 Å². The fourth-order valence-corrected chi connectivity index (χ4v) is 4.98. The lowest BCUT2D eigenvalue weighted by Gasteiger charge is -2.18. The van der Waals surface area contributed by atoms with Crippen LogP contribution in [0.25, 0.3) is 0 Å². The van der Waals surface area contributed by atoms with Gasteiger partial charge < -0.3 is 13.6 Å². The van der Waals surface area contributed by atoms with Crippen molar-refractivity contribution in [2.75, 3.05) is 0 Å². The summed E-state index contributed by atoms with van der Waals surface area (Å²) in [5.74, 6) is -1.05. The van der Waals surface area contributed by atoms with Crippen molar-refractivity contribution >= 4 is 31.4 Å². The van der Waals surface area contributed by atoms with Crippen molar-refractivity contribution in [3.05, 3.63) is 107 Å². The van der Waals surface area contributed by atoms with E-state index in [2.05, 4.69) is 6.92 Å². The van der Waals surface area contributed by atoms with E-state index < -0.39 is 62.5 Å². The fraction of sp³-hybridized carbons (Fsp3) is 0.308. The largest absolute Gasteiger partial charge is 0.530 e. The van der Waals surface area contributed by atoms with Gasteiger partial charge in [-0.1, -0.05) is 63.3 Å². The van der Waals surface area contributed by atoms with E-state index >= 15 is 0 Å². The van der Waals surface area contributed by atoms with Crippen molar-refractivity contribution < 1.29 is 33.3 Å². The minimum atomic E-state index is -2.82. The average Bonchev–Trinajstić information content (AvgIpc) is 2.95. The minimum Gasteiger partial charge on any atom is -0.409 e. The van der Waals surface area contributed by atoms with Crippen LogP contribution in [0.4, 0.5) is 22.7 Å². The van der Waals surface area contributed by atoms with Crippen molar-refractivity contribution in [3.8, 4) is 17.2 Å². The van der Waals surface area contributed by atoms with Gasteiger partial charge in [-0.15, -0.1) is 0 Å². The predicted molar refractivity (Wildman–Crippen MR) is 152 cm³/mol. The maximum atomic E-state index is 11.7. The van der Waals surface area contributed by atoms with Gasteiger partial charge in [-0.05, 0) is 42.7 Å². The van der Waals surface area contributed by atoms with Gasteiger partial charge in [0.1, 0.15) is 5.75 Å². The number of nitrogens with zero attached hydrogens (tertiary/aromatic N) is 4. The molecule has 0 aliphatic carbocycles. The van der Waals surface area contributed by atoms with Gasteiger partial charge in [0.2, 0.25) is 11.5 Å². The first kappa shape index (κ1) is 31.6. The third-order valence-electron chi connectivity index (χ3n) is 5.98. The highest BCUT2D eigenvalue weighted by Crippen LogP contribution is 2.49. The van der Waals surface area contributed by atoms with Crippen molar-refractivity contribution in [2.24, 2.45) is 0 Å². The normalized spacial score (nSPS) is 10.7. The second-order valence-corrected chi connectivity index (χ2v) is 9.93. The third kappa shape index (κ3) is 8.54. The summed E-state index contributed by atoms with van der Waals surface area (Å²) in [7, 11) is -2.82. The molecule has 0 fully saturated rings. The van der Waals surface area contributed by atoms with Crippen LogP contribution in [0.5, 0.6) is 17.2 Å². The van der Waals surface area contributed by atoms with Crippen LogP contribution in [-0.4, -0.2) is 19.7 Å². The topological polar surface area (TPSA) is 200 Å². The zero-order valence-electron chi connectivity index (χ0n) is 22.5. The van der Waals surface area contributed by atoms with Gasteiger partial charge >= 0.3 is 31.4 Å². The summed E-state index contributed by atoms with van der Waals surface area (Å²) in [6.45, 7) is 2.15. The average molecular weight is 602 g/mol. The number of nitro groups is 4. The van der Waals surface area contributed by atoms with E-state index in [0.717, 1.165) is 67.6 Å². The number of benzene rings is 3. The molecule has 0 saturated heterocycles. The van der Waals surface area contributed by atoms with Crippen LogP contribution in [-0.2, 0) is 6.42 Å². The molecule has 0 unspecified atom stereocenters. The second-order valence-electron chi connectivity index (χ2n) is 8.94. The molecule has 0 radical (unpaired) electrons. The molecule has 0 aromatic heterocycles. The van der Waals surface area contributed by atoms with Crippen LogP contribution in [0, 0.1) is 40.5 Å². The predicted octanol–water partition coefficient (Wildman–Crippen LogP) is 7.99. The summed E-state index contributed by atoms with van der Waals surface area (Å²) in [5, 5.41) is 46.2. The molecular formula is C26H27N4O11P. The number of hydrogen-bond donors (Lipinski definition) is 0. The highest BCUT2D eigenvalue weighted by Gasteiger charge is 2.36. The number of nitro benzene ring substituents is 4. The van der Waals surface area contributed by atoms with E-state index in [1.807, 2.05) is 0 Å². The van der Waals surface area contributed by atoms with Crippen LogP contribution >= 0.6 is 8.60 Å². The Balaban J connectivity index is 1.91. The molecule has 3 aromatic carbocycles. The fourth-order valence-electron chi connectivity index (χ4n) is 3.96. The smallest absolute Gasteiger partial charge is 0.409 e. The number of hydrogen-bond acceptors (Lipinski definition) is 11. The first-order valence-electron chi connectivity index (χ1n) is 12.9. The number of para-hydroxylation sites is 2. The molecule has 0 spiro atoms. The Bertz CT molecular complexity index is 1360.